The number of H-pyrrole nitrogens is 1. The molecule has 10 heteroatoms. The van der Waals surface area contributed by atoms with Crippen LogP contribution in [0.5, 0.6) is 0 Å². The van der Waals surface area contributed by atoms with E-state index in [9.17, 15) is 24.9 Å². The Morgan fingerprint density at radius 2 is 1.86 bits per heavy atom. The Labute approximate surface area is 166 Å². The maximum Gasteiger partial charge on any atom is 0.356 e. The van der Waals surface area contributed by atoms with Crippen LogP contribution in [0.1, 0.15) is 32.9 Å². The van der Waals surface area contributed by atoms with Gasteiger partial charge in [0.2, 0.25) is 5.91 Å². The third kappa shape index (κ3) is 4.18. The predicted molar refractivity (Wildman–Crippen MR) is 101 cm³/mol. The highest BCUT2D eigenvalue weighted by atomic mass is 35.5. The van der Waals surface area contributed by atoms with Gasteiger partial charge >= 0.3 is 5.97 Å². The van der Waals surface area contributed by atoms with Crippen LogP contribution >= 0.6 is 11.6 Å². The lowest BCUT2D eigenvalue weighted by atomic mass is 9.92. The molecule has 0 aliphatic carbocycles. The van der Waals surface area contributed by atoms with E-state index < -0.39 is 25.1 Å². The number of carbonyl (C=O) groups is 2. The fourth-order valence-corrected chi connectivity index (χ4v) is 3.28. The molecule has 2 aromatic rings. The normalized spacial score (nSPS) is 10.8. The second-order valence-electron chi connectivity index (χ2n) is 5.84. The van der Waals surface area contributed by atoms with Gasteiger partial charge in [-0.1, -0.05) is 23.7 Å². The first kappa shape index (κ1) is 21.9. The van der Waals surface area contributed by atoms with Crippen molar-refractivity contribution in [3.05, 3.63) is 45.2 Å². The number of methoxy groups -OCH3 is 1. The molecule has 152 valence electrons. The van der Waals surface area contributed by atoms with E-state index in [0.717, 1.165) is 0 Å². The highest BCUT2D eigenvalue weighted by Crippen LogP contribution is 2.38. The van der Waals surface area contributed by atoms with Crippen molar-refractivity contribution in [2.24, 2.45) is 5.73 Å². The highest BCUT2D eigenvalue weighted by Gasteiger charge is 2.25. The van der Waals surface area contributed by atoms with E-state index in [2.05, 4.69) is 10.3 Å². The van der Waals surface area contributed by atoms with Crippen LogP contribution in [0.4, 0.5) is 0 Å². The van der Waals surface area contributed by atoms with E-state index in [4.69, 9.17) is 22.1 Å². The molecule has 0 aliphatic rings. The molecule has 1 aromatic heterocycles. The molecule has 1 amide bonds. The average molecular weight is 412 g/mol. The second-order valence-corrected chi connectivity index (χ2v) is 6.22. The number of benzene rings is 1. The number of carbonyl (C=O) groups excluding carboxylic acids is 2. The van der Waals surface area contributed by atoms with Crippen molar-refractivity contribution in [3.63, 3.8) is 0 Å². The zero-order valence-corrected chi connectivity index (χ0v) is 16.0. The number of halogens is 1. The molecular formula is C18H22ClN3O6. The lowest BCUT2D eigenvalue weighted by Gasteiger charge is -2.16. The number of nitrogens with two attached hydrogens (primary N) is 1. The lowest BCUT2D eigenvalue weighted by molar-refractivity contribution is -0.119. The van der Waals surface area contributed by atoms with E-state index in [1.807, 2.05) is 0 Å². The van der Waals surface area contributed by atoms with Crippen LogP contribution in [0, 0.1) is 0 Å². The first-order chi connectivity index (χ1) is 13.4. The molecule has 7 N–H and O–H groups in total. The predicted octanol–water partition coefficient (Wildman–Crippen LogP) is 0.174. The summed E-state index contributed by atoms with van der Waals surface area (Å²) < 4.78 is 4.72. The van der Waals surface area contributed by atoms with Crippen molar-refractivity contribution in [1.82, 2.24) is 10.3 Å². The van der Waals surface area contributed by atoms with E-state index in [0.29, 0.717) is 33.5 Å². The van der Waals surface area contributed by atoms with Gasteiger partial charge in [0.1, 0.15) is 5.69 Å². The standard InChI is InChI=1S/C18H22ClN3O6/c1-28-18(27)17-16(19)15(13(22-17)5-21-14(26)4-20)10-3-2-9(6-23)11(7-24)12(10)8-25/h2-3,22-25H,4-8,20H2,1H3,(H,21,26). The zero-order chi connectivity index (χ0) is 20.8. The van der Waals surface area contributed by atoms with Crippen molar-refractivity contribution in [1.29, 1.82) is 0 Å². The summed E-state index contributed by atoms with van der Waals surface area (Å²) in [6.45, 7) is -1.40. The van der Waals surface area contributed by atoms with E-state index in [-0.39, 0.29) is 30.4 Å². The first-order valence-corrected chi connectivity index (χ1v) is 8.73. The molecule has 1 heterocycles. The first-order valence-electron chi connectivity index (χ1n) is 8.35. The SMILES string of the molecule is COC(=O)c1[nH]c(CNC(=O)CN)c(-c2ccc(CO)c(CO)c2CO)c1Cl. The molecule has 0 saturated heterocycles. The Kier molecular flexibility index (Phi) is 7.55. The minimum atomic E-state index is -0.706. The van der Waals surface area contributed by atoms with Gasteiger partial charge in [-0.15, -0.1) is 0 Å². The van der Waals surface area contributed by atoms with E-state index >= 15 is 0 Å². The summed E-state index contributed by atoms with van der Waals surface area (Å²) in [4.78, 5) is 26.4. The van der Waals surface area contributed by atoms with Crippen molar-refractivity contribution in [2.45, 2.75) is 26.4 Å². The van der Waals surface area contributed by atoms with Gasteiger partial charge in [-0.2, -0.15) is 0 Å². The number of aliphatic hydroxyl groups excluding tert-OH is 3. The van der Waals surface area contributed by atoms with Crippen LogP contribution in [0.2, 0.25) is 5.02 Å². The third-order valence-corrected chi connectivity index (χ3v) is 4.72. The lowest BCUT2D eigenvalue weighted by Crippen LogP contribution is -2.30. The fraction of sp³-hybridized carbons (Fsp3) is 0.333. The van der Waals surface area contributed by atoms with Gasteiger partial charge in [-0.05, 0) is 22.3 Å². The molecule has 0 spiro atoms. The Morgan fingerprint density at radius 3 is 2.39 bits per heavy atom. The van der Waals surface area contributed by atoms with Crippen molar-refractivity contribution in [3.8, 4) is 11.1 Å². The molecule has 0 aliphatic heterocycles. The zero-order valence-electron chi connectivity index (χ0n) is 15.2. The second kappa shape index (κ2) is 9.67. The Bertz CT molecular complexity index is 881. The minimum Gasteiger partial charge on any atom is -0.464 e. The number of amides is 1. The van der Waals surface area contributed by atoms with Gasteiger partial charge in [-0.3, -0.25) is 4.79 Å². The quantitative estimate of drug-likeness (QED) is 0.338. The number of rotatable bonds is 8. The summed E-state index contributed by atoms with van der Waals surface area (Å²) in [5.41, 5.74) is 7.63. The van der Waals surface area contributed by atoms with Crippen LogP contribution in [-0.2, 0) is 35.9 Å². The summed E-state index contributed by atoms with van der Waals surface area (Å²) in [5, 5.41) is 31.7. The Balaban J connectivity index is 2.70. The summed E-state index contributed by atoms with van der Waals surface area (Å²) in [7, 11) is 1.20. The topological polar surface area (TPSA) is 158 Å². The molecule has 9 nitrogen and oxygen atoms in total. The molecule has 0 unspecified atom stereocenters. The smallest absolute Gasteiger partial charge is 0.356 e. The van der Waals surface area contributed by atoms with Crippen LogP contribution in [0.3, 0.4) is 0 Å². The van der Waals surface area contributed by atoms with E-state index in [1.54, 1.807) is 12.1 Å². The molecule has 0 saturated carbocycles. The highest BCUT2D eigenvalue weighted by molar-refractivity contribution is 6.36. The molecular weight excluding hydrogens is 390 g/mol. The number of nitrogens with one attached hydrogen (secondary N) is 2. The van der Waals surface area contributed by atoms with Crippen LogP contribution < -0.4 is 11.1 Å². The van der Waals surface area contributed by atoms with Crippen molar-refractivity contribution in [2.75, 3.05) is 13.7 Å². The molecule has 28 heavy (non-hydrogen) atoms. The summed E-state index contributed by atoms with van der Waals surface area (Å²) in [5.74, 6) is -1.12. The fourth-order valence-electron chi connectivity index (χ4n) is 2.94. The van der Waals surface area contributed by atoms with Gasteiger partial charge in [-0.25, -0.2) is 4.79 Å². The number of hydrogen-bond acceptors (Lipinski definition) is 7. The van der Waals surface area contributed by atoms with Gasteiger partial charge in [0.15, 0.2) is 0 Å². The summed E-state index contributed by atoms with van der Waals surface area (Å²) >= 11 is 6.42. The van der Waals surface area contributed by atoms with Gasteiger partial charge in [0, 0.05) is 11.3 Å². The largest absolute Gasteiger partial charge is 0.464 e. The monoisotopic (exact) mass is 411 g/mol. The molecule has 0 bridgehead atoms. The number of aliphatic hydroxyl groups is 3. The molecule has 0 fully saturated rings. The minimum absolute atomic E-state index is 0.0108. The Morgan fingerprint density at radius 1 is 1.18 bits per heavy atom. The molecule has 2 rings (SSSR count). The van der Waals surface area contributed by atoms with Crippen molar-refractivity contribution >= 4 is 23.5 Å². The Hall–Kier alpha value is -2.43. The van der Waals surface area contributed by atoms with Crippen LogP contribution in [0.15, 0.2) is 12.1 Å². The third-order valence-electron chi connectivity index (χ3n) is 4.34. The summed E-state index contributed by atoms with van der Waals surface area (Å²) in [6.07, 6.45) is 0. The number of hydrogen-bond donors (Lipinski definition) is 6. The summed E-state index contributed by atoms with van der Waals surface area (Å²) in [6, 6.07) is 3.20. The maximum atomic E-state index is 12.0. The van der Waals surface area contributed by atoms with Crippen molar-refractivity contribution < 1.29 is 29.6 Å². The van der Waals surface area contributed by atoms with Crippen LogP contribution in [-0.4, -0.2) is 45.8 Å². The average Bonchev–Trinajstić information content (AvgIpc) is 3.05. The van der Waals surface area contributed by atoms with Gasteiger partial charge in [0.25, 0.3) is 0 Å². The number of aromatic amines is 1. The molecule has 0 atom stereocenters. The molecule has 1 aromatic carbocycles. The number of aromatic nitrogens is 1. The number of ether oxygens (including phenoxy) is 1. The molecule has 0 radical (unpaired) electrons. The van der Waals surface area contributed by atoms with Crippen LogP contribution in [0.25, 0.3) is 11.1 Å². The van der Waals surface area contributed by atoms with Gasteiger partial charge in [0.05, 0.1) is 45.0 Å². The van der Waals surface area contributed by atoms with E-state index in [1.165, 1.54) is 7.11 Å². The number of esters is 1. The maximum absolute atomic E-state index is 12.0. The van der Waals surface area contributed by atoms with Gasteiger partial charge < -0.3 is 36.1 Å².